The number of rotatable bonds is 4. The van der Waals surface area contributed by atoms with E-state index in [2.05, 4.69) is 15.6 Å². The van der Waals surface area contributed by atoms with Crippen molar-refractivity contribution in [3.63, 3.8) is 0 Å². The summed E-state index contributed by atoms with van der Waals surface area (Å²) in [5.41, 5.74) is 0.264. The molecule has 2 rings (SSSR count). The van der Waals surface area contributed by atoms with E-state index in [1.165, 1.54) is 12.3 Å². The lowest BCUT2D eigenvalue weighted by molar-refractivity contribution is -0.122. The van der Waals surface area contributed by atoms with E-state index in [1.807, 2.05) is 0 Å². The van der Waals surface area contributed by atoms with Crippen LogP contribution >= 0.6 is 23.2 Å². The van der Waals surface area contributed by atoms with Crippen LogP contribution in [0.4, 0.5) is 0 Å². The molecule has 7 heteroatoms. The highest BCUT2D eigenvalue weighted by molar-refractivity contribution is 6.41. The van der Waals surface area contributed by atoms with Crippen molar-refractivity contribution in [1.82, 2.24) is 15.6 Å². The zero-order valence-corrected chi connectivity index (χ0v) is 11.8. The van der Waals surface area contributed by atoms with Crippen molar-refractivity contribution >= 4 is 35.0 Å². The fraction of sp³-hybridized carbons (Fsp3) is 0.417. The first kappa shape index (κ1) is 14.1. The zero-order chi connectivity index (χ0) is 14.0. The lowest BCUT2D eigenvalue weighted by atomic mass is 10.2. The van der Waals surface area contributed by atoms with Gasteiger partial charge < -0.3 is 10.6 Å². The molecule has 1 fully saturated rings. The van der Waals surface area contributed by atoms with Gasteiger partial charge in [0, 0.05) is 12.2 Å². The summed E-state index contributed by atoms with van der Waals surface area (Å²) in [5.74, 6) is -0.603. The molecule has 102 valence electrons. The maximum absolute atomic E-state index is 11.9. The lowest BCUT2D eigenvalue weighted by Crippen LogP contribution is -2.45. The minimum atomic E-state index is -0.609. The summed E-state index contributed by atoms with van der Waals surface area (Å²) in [7, 11) is 0. The van der Waals surface area contributed by atoms with Crippen molar-refractivity contribution in [3.05, 3.63) is 28.0 Å². The average molecular weight is 302 g/mol. The Bertz CT molecular complexity index is 518. The number of hydrogen-bond donors (Lipinski definition) is 2. The number of hydrogen-bond acceptors (Lipinski definition) is 3. The van der Waals surface area contributed by atoms with E-state index in [0.717, 1.165) is 12.8 Å². The van der Waals surface area contributed by atoms with Gasteiger partial charge in [-0.25, -0.2) is 4.98 Å². The molecule has 1 unspecified atom stereocenters. The van der Waals surface area contributed by atoms with Gasteiger partial charge in [-0.1, -0.05) is 23.2 Å². The summed E-state index contributed by atoms with van der Waals surface area (Å²) in [4.78, 5) is 27.4. The van der Waals surface area contributed by atoms with E-state index in [4.69, 9.17) is 23.2 Å². The van der Waals surface area contributed by atoms with Gasteiger partial charge in [0.05, 0.1) is 10.6 Å². The molecule has 1 atom stereocenters. The molecule has 1 aliphatic carbocycles. The first-order chi connectivity index (χ1) is 8.97. The minimum absolute atomic E-state index is 0.137. The maximum Gasteiger partial charge on any atom is 0.253 e. The minimum Gasteiger partial charge on any atom is -0.352 e. The first-order valence-corrected chi connectivity index (χ1v) is 6.65. The number of amides is 2. The van der Waals surface area contributed by atoms with Crippen molar-refractivity contribution < 1.29 is 9.59 Å². The second kappa shape index (κ2) is 5.75. The van der Waals surface area contributed by atoms with Gasteiger partial charge in [-0.2, -0.15) is 0 Å². The van der Waals surface area contributed by atoms with Crippen molar-refractivity contribution in [2.24, 2.45) is 0 Å². The third-order valence-electron chi connectivity index (χ3n) is 2.72. The first-order valence-electron chi connectivity index (χ1n) is 5.89. The number of pyridine rings is 1. The van der Waals surface area contributed by atoms with E-state index in [-0.39, 0.29) is 27.7 Å². The normalized spacial score (nSPS) is 15.7. The van der Waals surface area contributed by atoms with Crippen molar-refractivity contribution in [1.29, 1.82) is 0 Å². The number of carbonyl (C=O) groups excluding carboxylic acids is 2. The highest BCUT2D eigenvalue weighted by atomic mass is 35.5. The van der Waals surface area contributed by atoms with Gasteiger partial charge >= 0.3 is 0 Å². The van der Waals surface area contributed by atoms with Crippen LogP contribution in [0.1, 0.15) is 30.1 Å². The Labute approximate surface area is 120 Å². The Balaban J connectivity index is 1.95. The second-order valence-corrected chi connectivity index (χ2v) is 5.24. The third kappa shape index (κ3) is 3.81. The zero-order valence-electron chi connectivity index (χ0n) is 10.2. The Morgan fingerprint density at radius 1 is 1.42 bits per heavy atom. The summed E-state index contributed by atoms with van der Waals surface area (Å²) >= 11 is 11.4. The van der Waals surface area contributed by atoms with Crippen molar-refractivity contribution in [2.45, 2.75) is 31.8 Å². The number of aromatic nitrogens is 1. The molecular formula is C12H13Cl2N3O2. The van der Waals surface area contributed by atoms with Gasteiger partial charge in [-0.15, -0.1) is 0 Å². The van der Waals surface area contributed by atoms with Gasteiger partial charge in [0.15, 0.2) is 0 Å². The van der Waals surface area contributed by atoms with Gasteiger partial charge in [-0.05, 0) is 25.8 Å². The summed E-state index contributed by atoms with van der Waals surface area (Å²) in [6.45, 7) is 1.63. The monoisotopic (exact) mass is 301 g/mol. The van der Waals surface area contributed by atoms with Crippen LogP contribution in [-0.2, 0) is 4.79 Å². The predicted molar refractivity (Wildman–Crippen MR) is 72.3 cm³/mol. The number of nitrogens with zero attached hydrogens (tertiary/aromatic N) is 1. The van der Waals surface area contributed by atoms with Crippen LogP contribution in [0.3, 0.4) is 0 Å². The SMILES string of the molecule is CC(NC(=O)c1cnc(Cl)c(Cl)c1)C(=O)NC1CC1. The van der Waals surface area contributed by atoms with Gasteiger partial charge in [-0.3, -0.25) is 9.59 Å². The molecule has 19 heavy (non-hydrogen) atoms. The quantitative estimate of drug-likeness (QED) is 0.833. The highest BCUT2D eigenvalue weighted by Crippen LogP contribution is 2.20. The maximum atomic E-state index is 11.9. The molecule has 0 aromatic carbocycles. The van der Waals surface area contributed by atoms with Crippen LogP contribution in [-0.4, -0.2) is 28.9 Å². The summed E-state index contributed by atoms with van der Waals surface area (Å²) in [5, 5.41) is 5.73. The Kier molecular flexibility index (Phi) is 4.27. The lowest BCUT2D eigenvalue weighted by Gasteiger charge is -2.13. The third-order valence-corrected chi connectivity index (χ3v) is 3.41. The standard InChI is InChI=1S/C12H13Cl2N3O2/c1-6(11(18)17-8-2-3-8)16-12(19)7-4-9(13)10(14)15-5-7/h4-6,8H,2-3H2,1H3,(H,16,19)(H,17,18). The van der Waals surface area contributed by atoms with Crippen LogP contribution in [0, 0.1) is 0 Å². The molecule has 0 spiro atoms. The molecule has 1 heterocycles. The molecule has 1 aliphatic rings. The highest BCUT2D eigenvalue weighted by Gasteiger charge is 2.26. The van der Waals surface area contributed by atoms with Crippen LogP contribution in [0.25, 0.3) is 0 Å². The summed E-state index contributed by atoms with van der Waals surface area (Å²) in [6.07, 6.45) is 3.32. The topological polar surface area (TPSA) is 71.1 Å². The number of nitrogens with one attached hydrogen (secondary N) is 2. The van der Waals surface area contributed by atoms with E-state index in [1.54, 1.807) is 6.92 Å². The molecule has 0 saturated heterocycles. The van der Waals surface area contributed by atoms with Gasteiger partial charge in [0.25, 0.3) is 5.91 Å². The smallest absolute Gasteiger partial charge is 0.253 e. The molecule has 1 aromatic heterocycles. The van der Waals surface area contributed by atoms with Crippen LogP contribution in [0.5, 0.6) is 0 Å². The molecule has 2 N–H and O–H groups in total. The molecule has 2 amide bonds. The van der Waals surface area contributed by atoms with E-state index < -0.39 is 11.9 Å². The fourth-order valence-electron chi connectivity index (χ4n) is 1.44. The largest absolute Gasteiger partial charge is 0.352 e. The molecule has 0 radical (unpaired) electrons. The van der Waals surface area contributed by atoms with Crippen LogP contribution in [0.15, 0.2) is 12.3 Å². The molecule has 5 nitrogen and oxygen atoms in total. The van der Waals surface area contributed by atoms with Crippen LogP contribution < -0.4 is 10.6 Å². The van der Waals surface area contributed by atoms with E-state index in [0.29, 0.717) is 0 Å². The van der Waals surface area contributed by atoms with E-state index in [9.17, 15) is 9.59 Å². The Morgan fingerprint density at radius 2 is 2.11 bits per heavy atom. The number of carbonyl (C=O) groups is 2. The molecular weight excluding hydrogens is 289 g/mol. The van der Waals surface area contributed by atoms with E-state index >= 15 is 0 Å². The predicted octanol–water partition coefficient (Wildman–Crippen LogP) is 1.79. The molecule has 1 saturated carbocycles. The molecule has 1 aromatic rings. The molecule has 0 bridgehead atoms. The Morgan fingerprint density at radius 3 is 2.68 bits per heavy atom. The van der Waals surface area contributed by atoms with Crippen LogP contribution in [0.2, 0.25) is 10.2 Å². The second-order valence-electron chi connectivity index (χ2n) is 4.47. The number of halogens is 2. The molecule has 0 aliphatic heterocycles. The average Bonchev–Trinajstić information content (AvgIpc) is 3.16. The fourth-order valence-corrected chi connectivity index (χ4v) is 1.71. The summed E-state index contributed by atoms with van der Waals surface area (Å²) < 4.78 is 0. The summed E-state index contributed by atoms with van der Waals surface area (Å²) in [6, 6.07) is 1.07. The Hall–Kier alpha value is -1.33. The van der Waals surface area contributed by atoms with Gasteiger partial charge in [0.2, 0.25) is 5.91 Å². The van der Waals surface area contributed by atoms with Gasteiger partial charge in [0.1, 0.15) is 11.2 Å². The van der Waals surface area contributed by atoms with Crippen molar-refractivity contribution in [2.75, 3.05) is 0 Å². The van der Waals surface area contributed by atoms with Crippen molar-refractivity contribution in [3.8, 4) is 0 Å².